The molecule has 0 rings (SSSR count). The quantitative estimate of drug-likeness (QED) is 0.362. The van der Waals surface area contributed by atoms with Crippen molar-refractivity contribution in [2.45, 2.75) is 0 Å². The predicted octanol–water partition coefficient (Wildman–Crippen LogP) is -0.652. The molecular formula is CH7CdN3S. The van der Waals surface area contributed by atoms with E-state index in [1.807, 2.05) is 0 Å². The van der Waals surface area contributed by atoms with Gasteiger partial charge in [0.25, 0.3) is 0 Å². The third-order valence-corrected chi connectivity index (χ3v) is 0. The molecule has 0 radical (unpaired) electrons. The van der Waals surface area contributed by atoms with E-state index in [2.05, 4.69) is 23.7 Å². The fraction of sp³-hybridized carbons (Fsp3) is 0. The van der Waals surface area contributed by atoms with Gasteiger partial charge in [0.15, 0.2) is 5.11 Å². The summed E-state index contributed by atoms with van der Waals surface area (Å²) in [5.41, 5.74) is 9.24. The summed E-state index contributed by atoms with van der Waals surface area (Å²) in [6.07, 6.45) is 0. The van der Waals surface area contributed by atoms with Crippen LogP contribution >= 0.6 is 12.2 Å². The second kappa shape index (κ2) is 9.13. The van der Waals surface area contributed by atoms with Crippen molar-refractivity contribution in [2.24, 2.45) is 11.5 Å². The van der Waals surface area contributed by atoms with Crippen LogP contribution in [-0.2, 0) is 27.3 Å². The molecule has 0 aliphatic rings. The molecule has 7 N–H and O–H groups in total. The normalized spacial score (nSPS) is 4.00. The number of nitrogens with two attached hydrogens (primary N) is 2. The Morgan fingerprint density at radius 3 is 1.33 bits per heavy atom. The molecule has 0 aromatic carbocycles. The largest absolute Gasteiger partial charge is 0.377 e. The molecule has 0 amide bonds. The van der Waals surface area contributed by atoms with Crippen LogP contribution in [0.15, 0.2) is 0 Å². The third-order valence-electron chi connectivity index (χ3n) is 0. The Balaban J connectivity index is -0.0000000450. The van der Waals surface area contributed by atoms with Crippen molar-refractivity contribution in [1.82, 2.24) is 6.15 Å². The molecule has 0 aliphatic heterocycles. The average Bonchev–Trinajstić information content (AvgIpc) is 0.811. The van der Waals surface area contributed by atoms with E-state index in [1.54, 1.807) is 0 Å². The molecule has 0 aliphatic carbocycles. The van der Waals surface area contributed by atoms with Gasteiger partial charge in [0.05, 0.1) is 0 Å². The van der Waals surface area contributed by atoms with Gasteiger partial charge in [-0.25, -0.2) is 0 Å². The van der Waals surface area contributed by atoms with Gasteiger partial charge in [0.2, 0.25) is 0 Å². The zero-order valence-electron chi connectivity index (χ0n) is 3.48. The second-order valence-corrected chi connectivity index (χ2v) is 0.874. The van der Waals surface area contributed by atoms with Crippen LogP contribution < -0.4 is 17.6 Å². The monoisotopic (exact) mass is 207 g/mol. The van der Waals surface area contributed by atoms with E-state index in [1.165, 1.54) is 0 Å². The van der Waals surface area contributed by atoms with Crippen molar-refractivity contribution < 1.29 is 27.3 Å². The minimum atomic E-state index is 0. The summed E-state index contributed by atoms with van der Waals surface area (Å²) < 4.78 is 0. The maximum absolute atomic E-state index is 4.62. The Morgan fingerprint density at radius 1 is 1.33 bits per heavy atom. The van der Waals surface area contributed by atoms with Crippen molar-refractivity contribution in [3.63, 3.8) is 0 Å². The van der Waals surface area contributed by atoms with E-state index >= 15 is 0 Å². The zero-order valence-corrected chi connectivity index (χ0v) is 8.33. The first-order chi connectivity index (χ1) is 1.73. The van der Waals surface area contributed by atoms with Crippen LogP contribution in [0.3, 0.4) is 0 Å². The van der Waals surface area contributed by atoms with E-state index in [4.69, 9.17) is 0 Å². The zero-order chi connectivity index (χ0) is 3.58. The molecule has 0 aromatic heterocycles. The average molecular weight is 206 g/mol. The standard InChI is InChI=1S/CH4N2S.Cd.H3N/c2-1(3)4;;/h(H4,2,3,4);;1H3. The van der Waals surface area contributed by atoms with E-state index < -0.39 is 0 Å². The van der Waals surface area contributed by atoms with Crippen LogP contribution in [0.4, 0.5) is 0 Å². The van der Waals surface area contributed by atoms with Crippen molar-refractivity contribution in [2.75, 3.05) is 0 Å². The Hall–Kier alpha value is 0.572. The summed E-state index contributed by atoms with van der Waals surface area (Å²) in [5, 5.41) is 0.000000000000000222. The Morgan fingerprint density at radius 2 is 1.33 bits per heavy atom. The SMILES string of the molecule is N.NC(N)=S.[Cd]. The summed E-state index contributed by atoms with van der Waals surface area (Å²) >= 11 is 4.09. The summed E-state index contributed by atoms with van der Waals surface area (Å²) in [4.78, 5) is 0. The van der Waals surface area contributed by atoms with Gasteiger partial charge in [-0.3, -0.25) is 0 Å². The second-order valence-electron chi connectivity index (χ2n) is 0.402. The third kappa shape index (κ3) is 178. The van der Waals surface area contributed by atoms with E-state index in [-0.39, 0.29) is 38.6 Å². The van der Waals surface area contributed by atoms with E-state index in [9.17, 15) is 0 Å². The van der Waals surface area contributed by atoms with Crippen molar-refractivity contribution in [1.29, 1.82) is 0 Å². The van der Waals surface area contributed by atoms with Crippen LogP contribution in [0, 0.1) is 0 Å². The maximum atomic E-state index is 4.62. The molecular weight excluding hydrogens is 199 g/mol. The molecule has 0 bridgehead atoms. The number of rotatable bonds is 0. The minimum Gasteiger partial charge on any atom is -0.377 e. The molecule has 0 saturated carbocycles. The molecule has 0 saturated heterocycles. The van der Waals surface area contributed by atoms with Crippen molar-refractivity contribution in [3.8, 4) is 0 Å². The number of hydrogen-bond acceptors (Lipinski definition) is 2. The molecule has 34 valence electrons. The summed E-state index contributed by atoms with van der Waals surface area (Å²) in [6.45, 7) is 0. The first-order valence-electron chi connectivity index (χ1n) is 0.781. The molecule has 0 atom stereocenters. The Labute approximate surface area is 62.2 Å². The number of thiocarbonyl (C=S) groups is 1. The van der Waals surface area contributed by atoms with E-state index in [0.29, 0.717) is 0 Å². The molecule has 5 heteroatoms. The van der Waals surface area contributed by atoms with Gasteiger partial charge >= 0.3 is 0 Å². The summed E-state index contributed by atoms with van der Waals surface area (Å²) in [7, 11) is 0. The maximum Gasteiger partial charge on any atom is 0.160 e. The van der Waals surface area contributed by atoms with Crippen LogP contribution in [0.2, 0.25) is 0 Å². The Kier molecular flexibility index (Phi) is 24.3. The van der Waals surface area contributed by atoms with Gasteiger partial charge in [-0.2, -0.15) is 0 Å². The molecule has 0 aromatic rings. The topological polar surface area (TPSA) is 87.0 Å². The molecule has 0 heterocycles. The molecule has 0 fully saturated rings. The van der Waals surface area contributed by atoms with Gasteiger partial charge in [-0.15, -0.1) is 0 Å². The van der Waals surface area contributed by atoms with Crippen LogP contribution in [-0.4, -0.2) is 5.11 Å². The van der Waals surface area contributed by atoms with Gasteiger partial charge in [0, 0.05) is 27.3 Å². The minimum absolute atomic E-state index is 0. The van der Waals surface area contributed by atoms with Crippen molar-refractivity contribution in [3.05, 3.63) is 0 Å². The smallest absolute Gasteiger partial charge is 0.160 e. The molecule has 3 nitrogen and oxygen atoms in total. The van der Waals surface area contributed by atoms with Crippen molar-refractivity contribution >= 4 is 17.3 Å². The summed E-state index contributed by atoms with van der Waals surface area (Å²) in [6, 6.07) is 0. The van der Waals surface area contributed by atoms with Gasteiger partial charge in [-0.1, -0.05) is 0 Å². The Bertz CT molecular complexity index is 33.8. The first-order valence-corrected chi connectivity index (χ1v) is 1.19. The fourth-order valence-electron chi connectivity index (χ4n) is 0. The molecule has 6 heavy (non-hydrogen) atoms. The summed E-state index contributed by atoms with van der Waals surface area (Å²) in [5.74, 6) is 0. The fourth-order valence-corrected chi connectivity index (χ4v) is 0. The van der Waals surface area contributed by atoms with Gasteiger partial charge in [-0.05, 0) is 12.2 Å². The van der Waals surface area contributed by atoms with Crippen LogP contribution in [0.25, 0.3) is 0 Å². The molecule has 0 unspecified atom stereocenters. The van der Waals surface area contributed by atoms with Gasteiger partial charge in [0.1, 0.15) is 0 Å². The van der Waals surface area contributed by atoms with Crippen LogP contribution in [0.5, 0.6) is 0 Å². The van der Waals surface area contributed by atoms with Gasteiger partial charge < -0.3 is 17.6 Å². The van der Waals surface area contributed by atoms with Crippen LogP contribution in [0.1, 0.15) is 0 Å². The van der Waals surface area contributed by atoms with E-state index in [0.717, 1.165) is 0 Å². The molecule has 0 spiro atoms. The number of hydrogen-bond donors (Lipinski definition) is 3. The first kappa shape index (κ1) is 16.0. The predicted molar refractivity (Wildman–Crippen MR) is 26.0 cm³/mol.